The highest BCUT2D eigenvalue weighted by atomic mass is 16.3. The largest absolute Gasteiger partial charge is 0.393 e. The van der Waals surface area contributed by atoms with Crippen LogP contribution in [0.25, 0.3) is 0 Å². The van der Waals surface area contributed by atoms with Crippen LogP contribution in [0.1, 0.15) is 32.1 Å². The molecule has 0 aromatic heterocycles. The summed E-state index contributed by atoms with van der Waals surface area (Å²) in [5.74, 6) is 0.278. The Morgan fingerprint density at radius 1 is 1.33 bits per heavy atom. The lowest BCUT2D eigenvalue weighted by molar-refractivity contribution is -0.132. The summed E-state index contributed by atoms with van der Waals surface area (Å²) in [6.07, 6.45) is 4.35. The van der Waals surface area contributed by atoms with Crippen LogP contribution in [0.2, 0.25) is 0 Å². The molecule has 2 aliphatic rings. The van der Waals surface area contributed by atoms with Gasteiger partial charge >= 0.3 is 0 Å². The van der Waals surface area contributed by atoms with Crippen LogP contribution in [-0.2, 0) is 4.79 Å². The zero-order valence-corrected chi connectivity index (χ0v) is 9.06. The van der Waals surface area contributed by atoms with Crippen LogP contribution in [0.4, 0.5) is 0 Å². The first kappa shape index (κ1) is 10.9. The molecule has 1 saturated carbocycles. The van der Waals surface area contributed by atoms with Crippen LogP contribution in [-0.4, -0.2) is 41.1 Å². The number of nitrogens with two attached hydrogens (primary N) is 1. The second-order valence-electron chi connectivity index (χ2n) is 4.79. The molecule has 0 aromatic carbocycles. The average Bonchev–Trinajstić information content (AvgIpc) is 2.85. The summed E-state index contributed by atoms with van der Waals surface area (Å²) in [6.45, 7) is 1.73. The third kappa shape index (κ3) is 2.32. The number of rotatable bonds is 2. The minimum atomic E-state index is -0.389. The molecule has 1 aliphatic heterocycles. The molecule has 3 atom stereocenters. The van der Waals surface area contributed by atoms with Crippen molar-refractivity contribution in [2.75, 3.05) is 13.1 Å². The van der Waals surface area contributed by atoms with Gasteiger partial charge in [0.15, 0.2) is 0 Å². The van der Waals surface area contributed by atoms with Crippen molar-refractivity contribution in [3.05, 3.63) is 0 Å². The molecule has 0 radical (unpaired) electrons. The Hall–Kier alpha value is -0.610. The number of aliphatic hydroxyl groups excluding tert-OH is 1. The molecule has 1 amide bonds. The fraction of sp³-hybridized carbons (Fsp3) is 0.909. The maximum absolute atomic E-state index is 12.0. The Balaban J connectivity index is 1.89. The van der Waals surface area contributed by atoms with Gasteiger partial charge in [-0.2, -0.15) is 0 Å². The van der Waals surface area contributed by atoms with Crippen molar-refractivity contribution in [1.82, 2.24) is 4.90 Å². The van der Waals surface area contributed by atoms with Crippen molar-refractivity contribution in [3.8, 4) is 0 Å². The summed E-state index contributed by atoms with van der Waals surface area (Å²) in [6, 6.07) is -0.389. The van der Waals surface area contributed by atoms with Gasteiger partial charge in [0.1, 0.15) is 0 Å². The molecule has 15 heavy (non-hydrogen) atoms. The minimum absolute atomic E-state index is 0.0894. The van der Waals surface area contributed by atoms with Crippen LogP contribution in [0, 0.1) is 5.92 Å². The van der Waals surface area contributed by atoms with Gasteiger partial charge < -0.3 is 15.7 Å². The molecule has 4 nitrogen and oxygen atoms in total. The quantitative estimate of drug-likeness (QED) is 0.682. The molecule has 2 fully saturated rings. The van der Waals surface area contributed by atoms with Gasteiger partial charge in [-0.25, -0.2) is 0 Å². The number of carbonyl (C=O) groups is 1. The van der Waals surface area contributed by atoms with E-state index in [9.17, 15) is 9.90 Å². The maximum atomic E-state index is 12.0. The predicted molar refractivity (Wildman–Crippen MR) is 57.1 cm³/mol. The number of aliphatic hydroxyl groups is 1. The average molecular weight is 212 g/mol. The van der Waals surface area contributed by atoms with Gasteiger partial charge in [0.05, 0.1) is 12.1 Å². The summed E-state index contributed by atoms with van der Waals surface area (Å²) >= 11 is 0. The molecule has 3 N–H and O–H groups in total. The monoisotopic (exact) mass is 212 g/mol. The maximum Gasteiger partial charge on any atom is 0.239 e. The summed E-state index contributed by atoms with van der Waals surface area (Å²) in [5.41, 5.74) is 5.96. The van der Waals surface area contributed by atoms with Crippen molar-refractivity contribution in [1.29, 1.82) is 0 Å². The van der Waals surface area contributed by atoms with Crippen LogP contribution >= 0.6 is 0 Å². The molecule has 1 aliphatic carbocycles. The third-order valence-electron chi connectivity index (χ3n) is 3.66. The summed E-state index contributed by atoms with van der Waals surface area (Å²) < 4.78 is 0. The van der Waals surface area contributed by atoms with Crippen LogP contribution in [0.5, 0.6) is 0 Å². The third-order valence-corrected chi connectivity index (χ3v) is 3.66. The van der Waals surface area contributed by atoms with Crippen molar-refractivity contribution >= 4 is 5.91 Å². The Bertz CT molecular complexity index is 239. The Labute approximate surface area is 90.4 Å². The van der Waals surface area contributed by atoms with Gasteiger partial charge in [-0.15, -0.1) is 0 Å². The first-order chi connectivity index (χ1) is 7.18. The van der Waals surface area contributed by atoms with Crippen molar-refractivity contribution in [2.24, 2.45) is 11.7 Å². The van der Waals surface area contributed by atoms with E-state index in [-0.39, 0.29) is 24.0 Å². The molecule has 2 rings (SSSR count). The Morgan fingerprint density at radius 2 is 2.00 bits per heavy atom. The van der Waals surface area contributed by atoms with Gasteiger partial charge in [0.25, 0.3) is 0 Å². The summed E-state index contributed by atoms with van der Waals surface area (Å²) in [4.78, 5) is 13.8. The first-order valence-electron chi connectivity index (χ1n) is 5.91. The fourth-order valence-electron chi connectivity index (χ4n) is 2.67. The van der Waals surface area contributed by atoms with E-state index in [1.165, 1.54) is 0 Å². The van der Waals surface area contributed by atoms with Crippen LogP contribution in [0.15, 0.2) is 0 Å². The summed E-state index contributed by atoms with van der Waals surface area (Å²) in [7, 11) is 0. The molecule has 0 bridgehead atoms. The second kappa shape index (κ2) is 4.49. The second-order valence-corrected chi connectivity index (χ2v) is 4.79. The SMILES string of the molecule is N[C@H](C(=O)N1CCCC1)[C@H]1CC[C@H](O)C1. The van der Waals surface area contributed by atoms with Gasteiger partial charge in [-0.3, -0.25) is 4.79 Å². The van der Waals surface area contributed by atoms with Gasteiger partial charge in [0.2, 0.25) is 5.91 Å². The molecule has 1 saturated heterocycles. The van der Waals surface area contributed by atoms with Gasteiger partial charge in [-0.05, 0) is 38.0 Å². The highest BCUT2D eigenvalue weighted by molar-refractivity contribution is 5.82. The molecule has 86 valence electrons. The molecular weight excluding hydrogens is 192 g/mol. The molecular formula is C11H20N2O2. The lowest BCUT2D eigenvalue weighted by Gasteiger charge is -2.24. The van der Waals surface area contributed by atoms with E-state index in [2.05, 4.69) is 0 Å². The van der Waals surface area contributed by atoms with Crippen LogP contribution in [0.3, 0.4) is 0 Å². The highest BCUT2D eigenvalue weighted by Crippen LogP contribution is 2.28. The number of hydrogen-bond donors (Lipinski definition) is 2. The van der Waals surface area contributed by atoms with E-state index in [0.29, 0.717) is 6.42 Å². The van der Waals surface area contributed by atoms with E-state index in [4.69, 9.17) is 5.73 Å². The lowest BCUT2D eigenvalue weighted by atomic mass is 9.98. The van der Waals surface area contributed by atoms with Gasteiger partial charge in [0, 0.05) is 13.1 Å². The normalized spacial score (nSPS) is 33.3. The molecule has 0 aromatic rings. The fourth-order valence-corrected chi connectivity index (χ4v) is 2.67. The smallest absolute Gasteiger partial charge is 0.239 e. The summed E-state index contributed by atoms with van der Waals surface area (Å²) in [5, 5.41) is 9.42. The Morgan fingerprint density at radius 3 is 2.53 bits per heavy atom. The number of likely N-dealkylation sites (tertiary alicyclic amines) is 1. The zero-order valence-electron chi connectivity index (χ0n) is 9.06. The standard InChI is InChI=1S/C11H20N2O2/c12-10(8-3-4-9(14)7-8)11(15)13-5-1-2-6-13/h8-10,14H,1-7,12H2/t8-,9-,10-/m0/s1. The zero-order chi connectivity index (χ0) is 10.8. The van der Waals surface area contributed by atoms with Gasteiger partial charge in [-0.1, -0.05) is 0 Å². The van der Waals surface area contributed by atoms with Crippen molar-refractivity contribution in [2.45, 2.75) is 44.2 Å². The highest BCUT2D eigenvalue weighted by Gasteiger charge is 2.34. The van der Waals surface area contributed by atoms with E-state index < -0.39 is 0 Å². The van der Waals surface area contributed by atoms with E-state index in [1.807, 2.05) is 4.90 Å². The van der Waals surface area contributed by atoms with Crippen molar-refractivity contribution in [3.63, 3.8) is 0 Å². The molecule has 1 heterocycles. The van der Waals surface area contributed by atoms with Crippen molar-refractivity contribution < 1.29 is 9.90 Å². The lowest BCUT2D eigenvalue weighted by Crippen LogP contribution is -2.46. The molecule has 0 spiro atoms. The minimum Gasteiger partial charge on any atom is -0.393 e. The van der Waals surface area contributed by atoms with Crippen LogP contribution < -0.4 is 5.73 Å². The van der Waals surface area contributed by atoms with E-state index in [1.54, 1.807) is 0 Å². The molecule has 4 heteroatoms. The number of nitrogens with zero attached hydrogens (tertiary/aromatic N) is 1. The Kier molecular flexibility index (Phi) is 3.26. The van der Waals surface area contributed by atoms with E-state index in [0.717, 1.165) is 38.8 Å². The number of carbonyl (C=O) groups excluding carboxylic acids is 1. The number of amides is 1. The first-order valence-corrected chi connectivity index (χ1v) is 5.91. The predicted octanol–water partition coefficient (Wildman–Crippen LogP) is 0.0971. The van der Waals surface area contributed by atoms with E-state index >= 15 is 0 Å². The topological polar surface area (TPSA) is 66.6 Å². The molecule has 0 unspecified atom stereocenters. The number of hydrogen-bond acceptors (Lipinski definition) is 3.